The highest BCUT2D eigenvalue weighted by molar-refractivity contribution is 4.80. The summed E-state index contributed by atoms with van der Waals surface area (Å²) >= 11 is 0. The van der Waals surface area contributed by atoms with Gasteiger partial charge in [-0.2, -0.15) is 0 Å². The minimum absolute atomic E-state index is 0.564. The average Bonchev–Trinajstić information content (AvgIpc) is 2.87. The van der Waals surface area contributed by atoms with E-state index in [4.69, 9.17) is 5.84 Å². The fourth-order valence-corrected chi connectivity index (χ4v) is 2.08. The Morgan fingerprint density at radius 3 is 2.62 bits per heavy atom. The van der Waals surface area contributed by atoms with Crippen molar-refractivity contribution in [3.05, 3.63) is 0 Å². The number of hydrogen-bond donors (Lipinski definition) is 2. The van der Waals surface area contributed by atoms with Crippen molar-refractivity contribution in [2.45, 2.75) is 58.4 Å². The van der Waals surface area contributed by atoms with E-state index >= 15 is 0 Å². The van der Waals surface area contributed by atoms with Gasteiger partial charge in [0.2, 0.25) is 0 Å². The van der Waals surface area contributed by atoms with Crippen LogP contribution in [0.4, 0.5) is 0 Å². The minimum atomic E-state index is 0.564. The van der Waals surface area contributed by atoms with E-state index < -0.39 is 0 Å². The monoisotopic (exact) mass is 184 g/mol. The SMILES string of the molecule is CCCC(C)CC(CC1CC1)NN. The Kier molecular flexibility index (Phi) is 4.74. The fourth-order valence-electron chi connectivity index (χ4n) is 2.08. The quantitative estimate of drug-likeness (QED) is 0.471. The van der Waals surface area contributed by atoms with Crippen LogP contribution in [0.1, 0.15) is 52.4 Å². The fraction of sp³-hybridized carbons (Fsp3) is 1.00. The first kappa shape index (κ1) is 11.0. The first-order valence-electron chi connectivity index (χ1n) is 5.72. The lowest BCUT2D eigenvalue weighted by Crippen LogP contribution is -2.36. The van der Waals surface area contributed by atoms with Crippen LogP contribution in [0.3, 0.4) is 0 Å². The summed E-state index contributed by atoms with van der Waals surface area (Å²) in [5.41, 5.74) is 2.96. The van der Waals surface area contributed by atoms with Crippen LogP contribution in [0.2, 0.25) is 0 Å². The van der Waals surface area contributed by atoms with Gasteiger partial charge in [-0.05, 0) is 24.7 Å². The van der Waals surface area contributed by atoms with E-state index in [2.05, 4.69) is 19.3 Å². The van der Waals surface area contributed by atoms with Crippen LogP contribution in [0, 0.1) is 11.8 Å². The van der Waals surface area contributed by atoms with Gasteiger partial charge in [-0.1, -0.05) is 39.5 Å². The highest BCUT2D eigenvalue weighted by atomic mass is 15.2. The van der Waals surface area contributed by atoms with Crippen molar-refractivity contribution in [2.24, 2.45) is 17.7 Å². The van der Waals surface area contributed by atoms with Crippen LogP contribution in [0.5, 0.6) is 0 Å². The summed E-state index contributed by atoms with van der Waals surface area (Å²) in [5, 5.41) is 0. The Balaban J connectivity index is 2.13. The molecule has 78 valence electrons. The van der Waals surface area contributed by atoms with Gasteiger partial charge in [-0.25, -0.2) is 0 Å². The van der Waals surface area contributed by atoms with E-state index in [0.29, 0.717) is 6.04 Å². The second-order valence-corrected chi connectivity index (χ2v) is 4.67. The second-order valence-electron chi connectivity index (χ2n) is 4.67. The summed E-state index contributed by atoms with van der Waals surface area (Å²) in [6, 6.07) is 0.564. The van der Waals surface area contributed by atoms with E-state index in [9.17, 15) is 0 Å². The molecule has 2 unspecified atom stereocenters. The van der Waals surface area contributed by atoms with E-state index in [-0.39, 0.29) is 0 Å². The molecule has 0 aromatic heterocycles. The second kappa shape index (κ2) is 5.61. The maximum absolute atomic E-state index is 5.54. The number of hydrogen-bond acceptors (Lipinski definition) is 2. The van der Waals surface area contributed by atoms with Gasteiger partial charge < -0.3 is 0 Å². The number of hydrazine groups is 1. The van der Waals surface area contributed by atoms with E-state index in [0.717, 1.165) is 11.8 Å². The Labute approximate surface area is 82.2 Å². The van der Waals surface area contributed by atoms with Gasteiger partial charge in [-0.15, -0.1) is 0 Å². The lowest BCUT2D eigenvalue weighted by Gasteiger charge is -2.19. The van der Waals surface area contributed by atoms with Crippen molar-refractivity contribution in [2.75, 3.05) is 0 Å². The van der Waals surface area contributed by atoms with E-state index in [1.165, 1.54) is 38.5 Å². The number of nitrogens with two attached hydrogens (primary N) is 1. The van der Waals surface area contributed by atoms with Crippen molar-refractivity contribution < 1.29 is 0 Å². The number of rotatable bonds is 7. The highest BCUT2D eigenvalue weighted by Crippen LogP contribution is 2.34. The molecule has 13 heavy (non-hydrogen) atoms. The predicted molar refractivity (Wildman–Crippen MR) is 57.1 cm³/mol. The summed E-state index contributed by atoms with van der Waals surface area (Å²) in [4.78, 5) is 0. The molecule has 2 heteroatoms. The molecule has 0 spiro atoms. The lowest BCUT2D eigenvalue weighted by atomic mass is 9.95. The molecule has 0 aliphatic heterocycles. The smallest absolute Gasteiger partial charge is 0.0215 e. The molecule has 1 aliphatic rings. The molecule has 2 atom stereocenters. The zero-order chi connectivity index (χ0) is 9.68. The molecule has 0 radical (unpaired) electrons. The largest absolute Gasteiger partial charge is 0.271 e. The molecule has 2 nitrogen and oxygen atoms in total. The Morgan fingerprint density at radius 2 is 2.15 bits per heavy atom. The Hall–Kier alpha value is -0.0800. The molecule has 1 saturated carbocycles. The lowest BCUT2D eigenvalue weighted by molar-refractivity contribution is 0.360. The zero-order valence-corrected chi connectivity index (χ0v) is 9.05. The van der Waals surface area contributed by atoms with Gasteiger partial charge in [0.25, 0.3) is 0 Å². The predicted octanol–water partition coefficient (Wildman–Crippen LogP) is 2.44. The van der Waals surface area contributed by atoms with Crippen LogP contribution in [-0.4, -0.2) is 6.04 Å². The standard InChI is InChI=1S/C11H24N2/c1-3-4-9(2)7-11(13-12)8-10-5-6-10/h9-11,13H,3-8,12H2,1-2H3. The molecule has 3 N–H and O–H groups in total. The van der Waals surface area contributed by atoms with Gasteiger partial charge in [-0.3, -0.25) is 11.3 Å². The maximum Gasteiger partial charge on any atom is 0.0215 e. The zero-order valence-electron chi connectivity index (χ0n) is 9.05. The van der Waals surface area contributed by atoms with E-state index in [1.807, 2.05) is 0 Å². The highest BCUT2D eigenvalue weighted by Gasteiger charge is 2.25. The third-order valence-corrected chi connectivity index (χ3v) is 3.02. The minimum Gasteiger partial charge on any atom is -0.271 e. The van der Waals surface area contributed by atoms with Crippen LogP contribution in [-0.2, 0) is 0 Å². The van der Waals surface area contributed by atoms with Crippen LogP contribution < -0.4 is 11.3 Å². The van der Waals surface area contributed by atoms with Gasteiger partial charge in [0, 0.05) is 6.04 Å². The molecule has 1 fully saturated rings. The Bertz CT molecular complexity index is 132. The third-order valence-electron chi connectivity index (χ3n) is 3.02. The van der Waals surface area contributed by atoms with Gasteiger partial charge >= 0.3 is 0 Å². The van der Waals surface area contributed by atoms with Crippen LogP contribution in [0.25, 0.3) is 0 Å². The molecular formula is C11H24N2. The summed E-state index contributed by atoms with van der Waals surface area (Å²) < 4.78 is 0. The first-order valence-corrected chi connectivity index (χ1v) is 5.72. The topological polar surface area (TPSA) is 38.0 Å². The molecule has 0 saturated heterocycles. The molecule has 1 aliphatic carbocycles. The molecule has 1 rings (SSSR count). The summed E-state index contributed by atoms with van der Waals surface area (Å²) in [5.74, 6) is 7.35. The molecular weight excluding hydrogens is 160 g/mol. The van der Waals surface area contributed by atoms with Crippen LogP contribution in [0.15, 0.2) is 0 Å². The molecule has 0 aromatic carbocycles. The van der Waals surface area contributed by atoms with Crippen molar-refractivity contribution >= 4 is 0 Å². The van der Waals surface area contributed by atoms with Gasteiger partial charge in [0.15, 0.2) is 0 Å². The van der Waals surface area contributed by atoms with Gasteiger partial charge in [0.05, 0.1) is 0 Å². The first-order chi connectivity index (χ1) is 6.26. The average molecular weight is 184 g/mol. The van der Waals surface area contributed by atoms with Crippen molar-refractivity contribution in [1.82, 2.24) is 5.43 Å². The number of nitrogens with one attached hydrogen (secondary N) is 1. The van der Waals surface area contributed by atoms with Crippen molar-refractivity contribution in [3.8, 4) is 0 Å². The molecule has 0 heterocycles. The summed E-state index contributed by atoms with van der Waals surface area (Å²) in [7, 11) is 0. The van der Waals surface area contributed by atoms with Crippen LogP contribution >= 0.6 is 0 Å². The molecule has 0 bridgehead atoms. The molecule has 0 aromatic rings. The van der Waals surface area contributed by atoms with Crippen molar-refractivity contribution in [3.63, 3.8) is 0 Å². The van der Waals surface area contributed by atoms with E-state index in [1.54, 1.807) is 0 Å². The summed E-state index contributed by atoms with van der Waals surface area (Å²) in [6.07, 6.45) is 8.04. The molecule has 0 amide bonds. The third kappa shape index (κ3) is 4.63. The Morgan fingerprint density at radius 1 is 1.46 bits per heavy atom. The summed E-state index contributed by atoms with van der Waals surface area (Å²) in [6.45, 7) is 4.59. The van der Waals surface area contributed by atoms with Gasteiger partial charge in [0.1, 0.15) is 0 Å². The normalized spacial score (nSPS) is 21.5. The maximum atomic E-state index is 5.54. The van der Waals surface area contributed by atoms with Crippen molar-refractivity contribution in [1.29, 1.82) is 0 Å².